The largest absolute Gasteiger partial charge is 0.472 e. The summed E-state index contributed by atoms with van der Waals surface area (Å²) in [4.78, 5) is 15.0. The Morgan fingerprint density at radius 2 is 2.00 bits per heavy atom. The number of primary amides is 1. The molecule has 0 bridgehead atoms. The molecule has 5 nitrogen and oxygen atoms in total. The van der Waals surface area contributed by atoms with Gasteiger partial charge in [-0.05, 0) is 38.7 Å². The number of hydrogen-bond acceptors (Lipinski definition) is 3. The molecule has 0 aliphatic carbocycles. The van der Waals surface area contributed by atoms with Crippen LogP contribution in [0.5, 0.6) is 5.88 Å². The van der Waals surface area contributed by atoms with E-state index in [0.29, 0.717) is 11.4 Å². The van der Waals surface area contributed by atoms with Gasteiger partial charge < -0.3 is 10.5 Å². The van der Waals surface area contributed by atoms with Crippen LogP contribution in [0.4, 0.5) is 0 Å². The fraction of sp³-hybridized carbons (Fsp3) is 0.591. The molecule has 2 unspecified atom stereocenters. The van der Waals surface area contributed by atoms with Gasteiger partial charge in [-0.25, -0.2) is 0 Å². The van der Waals surface area contributed by atoms with E-state index in [4.69, 9.17) is 10.5 Å². The zero-order valence-corrected chi connectivity index (χ0v) is 16.5. The minimum atomic E-state index is -0.405. The highest BCUT2D eigenvalue weighted by Gasteiger charge is 2.42. The molecule has 3 heterocycles. The first-order chi connectivity index (χ1) is 13.0. The number of carbonyl (C=O) groups is 1. The molecule has 2 N–H and O–H groups in total. The fourth-order valence-corrected chi connectivity index (χ4v) is 4.84. The Morgan fingerprint density at radius 1 is 1.26 bits per heavy atom. The monoisotopic (exact) mass is 369 g/mol. The number of aromatic nitrogens is 1. The van der Waals surface area contributed by atoms with Crippen LogP contribution in [0.2, 0.25) is 0 Å². The van der Waals surface area contributed by atoms with Gasteiger partial charge in [0.15, 0.2) is 0 Å². The molecule has 4 rings (SSSR count). The van der Waals surface area contributed by atoms with Crippen molar-refractivity contribution in [1.82, 2.24) is 9.47 Å². The lowest BCUT2D eigenvalue weighted by Gasteiger charge is -2.46. The van der Waals surface area contributed by atoms with Crippen LogP contribution >= 0.6 is 0 Å². The number of ether oxygens (including phenoxy) is 1. The van der Waals surface area contributed by atoms with Crippen molar-refractivity contribution in [2.45, 2.75) is 70.6 Å². The summed E-state index contributed by atoms with van der Waals surface area (Å²) in [5.41, 5.74) is 7.13. The number of rotatable bonds is 5. The van der Waals surface area contributed by atoms with Crippen LogP contribution in [0.15, 0.2) is 24.3 Å². The van der Waals surface area contributed by atoms with Gasteiger partial charge in [0.25, 0.3) is 5.91 Å². The molecule has 2 aromatic rings. The molecule has 27 heavy (non-hydrogen) atoms. The second-order valence-electron chi connectivity index (χ2n) is 8.37. The summed E-state index contributed by atoms with van der Waals surface area (Å²) in [6, 6.07) is 8.06. The number of amides is 1. The zero-order chi connectivity index (χ0) is 19.0. The van der Waals surface area contributed by atoms with Crippen LogP contribution in [-0.4, -0.2) is 34.1 Å². The molecule has 1 amide bonds. The van der Waals surface area contributed by atoms with Crippen LogP contribution < -0.4 is 10.5 Å². The van der Waals surface area contributed by atoms with Crippen molar-refractivity contribution in [3.63, 3.8) is 0 Å². The molecular weight excluding hydrogens is 338 g/mol. The summed E-state index contributed by atoms with van der Waals surface area (Å²) < 4.78 is 8.80. The first-order valence-corrected chi connectivity index (χ1v) is 10.4. The molecule has 1 saturated heterocycles. The minimum absolute atomic E-state index is 0.217. The number of unbranched alkanes of at least 4 members (excludes halogenated alkanes) is 1. The predicted molar refractivity (Wildman–Crippen MR) is 108 cm³/mol. The second kappa shape index (κ2) is 7.19. The van der Waals surface area contributed by atoms with E-state index in [1.165, 1.54) is 19.3 Å². The van der Waals surface area contributed by atoms with Gasteiger partial charge in [-0.3, -0.25) is 14.3 Å². The average Bonchev–Trinajstić information content (AvgIpc) is 3.00. The number of para-hydroxylation sites is 1. The van der Waals surface area contributed by atoms with Crippen LogP contribution in [0.25, 0.3) is 10.9 Å². The van der Waals surface area contributed by atoms with Crippen LogP contribution in [0.3, 0.4) is 0 Å². The molecule has 5 heteroatoms. The number of nitrogens with two attached hydrogens (primary N) is 1. The summed E-state index contributed by atoms with van der Waals surface area (Å²) in [7, 11) is 0. The third-order valence-corrected chi connectivity index (χ3v) is 6.24. The summed E-state index contributed by atoms with van der Waals surface area (Å²) >= 11 is 0. The quantitative estimate of drug-likeness (QED) is 0.847. The van der Waals surface area contributed by atoms with E-state index in [1.807, 2.05) is 18.2 Å². The highest BCUT2D eigenvalue weighted by Crippen LogP contribution is 2.46. The number of fused-ring (bicyclic) bond motifs is 3. The van der Waals surface area contributed by atoms with Gasteiger partial charge in [0.1, 0.15) is 11.2 Å². The Labute approximate surface area is 161 Å². The van der Waals surface area contributed by atoms with E-state index >= 15 is 0 Å². The van der Waals surface area contributed by atoms with Gasteiger partial charge in [-0.1, -0.05) is 38.0 Å². The van der Waals surface area contributed by atoms with E-state index in [2.05, 4.69) is 29.4 Å². The van der Waals surface area contributed by atoms with Gasteiger partial charge in [0.2, 0.25) is 5.88 Å². The van der Waals surface area contributed by atoms with Gasteiger partial charge >= 0.3 is 0 Å². The van der Waals surface area contributed by atoms with Gasteiger partial charge in [-0.2, -0.15) is 0 Å². The predicted octanol–water partition coefficient (Wildman–Crippen LogP) is 4.46. The Balaban J connectivity index is 1.88. The number of likely N-dealkylation sites (tertiary alicyclic amines) is 1. The van der Waals surface area contributed by atoms with Crippen molar-refractivity contribution < 1.29 is 9.53 Å². The van der Waals surface area contributed by atoms with E-state index in [9.17, 15) is 4.79 Å². The standard InChI is InChI=1S/C22H31N3O2/c1-3-4-12-22(2)15-18(24-13-8-5-9-14-24)25-17-11-7-6-10-16(17)19(20(23)26)21(25)27-22/h6-7,10-11,18H,3-5,8-9,12-15H2,1-2H3,(H2,23,26). The highest BCUT2D eigenvalue weighted by atomic mass is 16.5. The molecule has 1 aromatic heterocycles. The summed E-state index contributed by atoms with van der Waals surface area (Å²) in [5, 5.41) is 0.904. The lowest BCUT2D eigenvalue weighted by atomic mass is 9.91. The molecule has 2 aliphatic heterocycles. The van der Waals surface area contributed by atoms with Crippen molar-refractivity contribution in [3.8, 4) is 5.88 Å². The van der Waals surface area contributed by atoms with Crippen molar-refractivity contribution in [2.24, 2.45) is 5.73 Å². The zero-order valence-electron chi connectivity index (χ0n) is 16.5. The maximum absolute atomic E-state index is 12.4. The van der Waals surface area contributed by atoms with E-state index in [0.717, 1.165) is 49.7 Å². The summed E-state index contributed by atoms with van der Waals surface area (Å²) in [5.74, 6) is 0.265. The number of nitrogens with zero attached hydrogens (tertiary/aromatic N) is 2. The third-order valence-electron chi connectivity index (χ3n) is 6.24. The molecule has 1 aromatic carbocycles. The Hall–Kier alpha value is -2.01. The van der Waals surface area contributed by atoms with Crippen LogP contribution in [0.1, 0.15) is 75.3 Å². The van der Waals surface area contributed by atoms with Crippen molar-refractivity contribution in [3.05, 3.63) is 29.8 Å². The maximum Gasteiger partial charge on any atom is 0.254 e. The van der Waals surface area contributed by atoms with Crippen molar-refractivity contribution in [2.75, 3.05) is 13.1 Å². The van der Waals surface area contributed by atoms with Gasteiger partial charge in [-0.15, -0.1) is 0 Å². The molecule has 146 valence electrons. The van der Waals surface area contributed by atoms with Gasteiger partial charge in [0, 0.05) is 24.9 Å². The molecule has 2 atom stereocenters. The molecule has 0 spiro atoms. The Morgan fingerprint density at radius 3 is 2.70 bits per heavy atom. The first-order valence-electron chi connectivity index (χ1n) is 10.4. The fourth-order valence-electron chi connectivity index (χ4n) is 4.84. The maximum atomic E-state index is 12.4. The third kappa shape index (κ3) is 3.22. The molecule has 1 fully saturated rings. The lowest BCUT2D eigenvalue weighted by Crippen LogP contribution is -2.47. The van der Waals surface area contributed by atoms with E-state index in [-0.39, 0.29) is 11.8 Å². The molecular formula is C22H31N3O2. The molecule has 0 radical (unpaired) electrons. The SMILES string of the molecule is CCCCC1(C)CC(N2CCCCC2)n2c(c(C(N)=O)c3ccccc32)O1. The number of piperidine rings is 1. The van der Waals surface area contributed by atoms with Crippen LogP contribution in [0, 0.1) is 0 Å². The molecule has 0 saturated carbocycles. The highest BCUT2D eigenvalue weighted by molar-refractivity contribution is 6.09. The summed E-state index contributed by atoms with van der Waals surface area (Å²) in [6.07, 6.45) is 8.19. The van der Waals surface area contributed by atoms with Crippen LogP contribution in [-0.2, 0) is 0 Å². The van der Waals surface area contributed by atoms with Gasteiger partial charge in [0.05, 0.1) is 11.7 Å². The number of benzene rings is 1. The number of carbonyl (C=O) groups excluding carboxylic acids is 1. The first kappa shape index (κ1) is 18.4. The average molecular weight is 370 g/mol. The number of hydrogen-bond donors (Lipinski definition) is 1. The second-order valence-corrected chi connectivity index (χ2v) is 8.37. The Kier molecular flexibility index (Phi) is 4.89. The minimum Gasteiger partial charge on any atom is -0.472 e. The Bertz CT molecular complexity index is 837. The van der Waals surface area contributed by atoms with Crippen molar-refractivity contribution >= 4 is 16.8 Å². The normalized spacial score (nSPS) is 25.9. The van der Waals surface area contributed by atoms with E-state index in [1.54, 1.807) is 0 Å². The lowest BCUT2D eigenvalue weighted by molar-refractivity contribution is -0.0359. The van der Waals surface area contributed by atoms with E-state index < -0.39 is 5.91 Å². The topological polar surface area (TPSA) is 60.5 Å². The van der Waals surface area contributed by atoms with Crippen molar-refractivity contribution in [1.29, 1.82) is 0 Å². The summed E-state index contributed by atoms with van der Waals surface area (Å²) in [6.45, 7) is 6.62. The smallest absolute Gasteiger partial charge is 0.254 e. The molecule has 2 aliphatic rings.